The molecule has 3 rings (SSSR count). The number of amides is 3. The van der Waals surface area contributed by atoms with E-state index in [2.05, 4.69) is 12.2 Å². The van der Waals surface area contributed by atoms with Gasteiger partial charge in [-0.2, -0.15) is 0 Å². The molecular formula is C20H26N2O4. The highest BCUT2D eigenvalue weighted by Crippen LogP contribution is 2.26. The van der Waals surface area contributed by atoms with Crippen LogP contribution in [-0.2, 0) is 4.74 Å². The number of nitrogens with one attached hydrogen (secondary N) is 1. The number of hydrogen-bond donors (Lipinski definition) is 1. The monoisotopic (exact) mass is 358 g/mol. The predicted octanol–water partition coefficient (Wildman–Crippen LogP) is 2.63. The molecule has 1 N–H and O–H groups in total. The first-order valence-electron chi connectivity index (χ1n) is 9.31. The Balaban J connectivity index is 1.69. The molecule has 0 aromatic heterocycles. The maximum absolute atomic E-state index is 12.5. The van der Waals surface area contributed by atoms with Crippen LogP contribution < -0.4 is 5.32 Å². The largest absolute Gasteiger partial charge is 0.385 e. The Kier molecular flexibility index (Phi) is 5.71. The minimum atomic E-state index is -0.331. The van der Waals surface area contributed by atoms with Crippen LogP contribution in [0.25, 0.3) is 0 Å². The molecule has 1 aromatic carbocycles. The van der Waals surface area contributed by atoms with E-state index in [0.717, 1.165) is 31.6 Å². The van der Waals surface area contributed by atoms with E-state index in [9.17, 15) is 14.4 Å². The molecule has 0 unspecified atom stereocenters. The quantitative estimate of drug-likeness (QED) is 0.626. The third-order valence-corrected chi connectivity index (χ3v) is 5.31. The number of methoxy groups -OCH3 is 1. The molecule has 6 nitrogen and oxygen atoms in total. The van der Waals surface area contributed by atoms with Gasteiger partial charge in [0.05, 0.1) is 11.1 Å². The summed E-state index contributed by atoms with van der Waals surface area (Å²) in [5.74, 6) is -0.0853. The number of nitrogens with zero attached hydrogens (tertiary/aromatic N) is 1. The van der Waals surface area contributed by atoms with Crippen molar-refractivity contribution in [3.05, 3.63) is 34.9 Å². The van der Waals surface area contributed by atoms with Crippen molar-refractivity contribution in [1.82, 2.24) is 10.2 Å². The van der Waals surface area contributed by atoms with Crippen molar-refractivity contribution in [3.8, 4) is 0 Å². The first kappa shape index (κ1) is 18.6. The van der Waals surface area contributed by atoms with Crippen molar-refractivity contribution in [3.63, 3.8) is 0 Å². The highest BCUT2D eigenvalue weighted by atomic mass is 16.5. The molecule has 0 saturated heterocycles. The molecular weight excluding hydrogens is 332 g/mol. The lowest BCUT2D eigenvalue weighted by Crippen LogP contribution is -2.37. The van der Waals surface area contributed by atoms with Crippen LogP contribution in [0.2, 0.25) is 0 Å². The second-order valence-corrected chi connectivity index (χ2v) is 7.30. The molecule has 6 heteroatoms. The van der Waals surface area contributed by atoms with Crippen molar-refractivity contribution in [1.29, 1.82) is 0 Å². The van der Waals surface area contributed by atoms with Gasteiger partial charge < -0.3 is 10.1 Å². The van der Waals surface area contributed by atoms with Crippen LogP contribution in [0, 0.1) is 5.92 Å². The van der Waals surface area contributed by atoms with Crippen LogP contribution in [0.15, 0.2) is 18.2 Å². The van der Waals surface area contributed by atoms with E-state index in [1.807, 2.05) is 0 Å². The third kappa shape index (κ3) is 3.80. The number of fused-ring (bicyclic) bond motifs is 1. The van der Waals surface area contributed by atoms with E-state index in [4.69, 9.17) is 4.74 Å². The molecule has 3 amide bonds. The second-order valence-electron chi connectivity index (χ2n) is 7.30. The Morgan fingerprint density at radius 2 is 1.85 bits per heavy atom. The summed E-state index contributed by atoms with van der Waals surface area (Å²) >= 11 is 0. The third-order valence-electron chi connectivity index (χ3n) is 5.31. The highest BCUT2D eigenvalue weighted by molar-refractivity contribution is 6.22. The topological polar surface area (TPSA) is 75.7 Å². The molecule has 0 radical (unpaired) electrons. The summed E-state index contributed by atoms with van der Waals surface area (Å²) in [5, 5.41) is 3.06. The van der Waals surface area contributed by atoms with Crippen LogP contribution in [0.5, 0.6) is 0 Å². The SMILES string of the molecule is COCCCN1C(=O)c2ccc(C(=O)NC3CCC(C)CC3)cc2C1=O. The van der Waals surface area contributed by atoms with Gasteiger partial charge in [0.1, 0.15) is 0 Å². The molecule has 1 aliphatic carbocycles. The molecule has 1 heterocycles. The summed E-state index contributed by atoms with van der Waals surface area (Å²) in [6, 6.07) is 4.95. The Labute approximate surface area is 153 Å². The van der Waals surface area contributed by atoms with E-state index in [1.54, 1.807) is 25.3 Å². The van der Waals surface area contributed by atoms with Crippen LogP contribution in [0.1, 0.15) is 70.1 Å². The van der Waals surface area contributed by atoms with Gasteiger partial charge in [-0.25, -0.2) is 0 Å². The number of rotatable bonds is 6. The molecule has 0 bridgehead atoms. The van der Waals surface area contributed by atoms with Crippen molar-refractivity contribution in [2.45, 2.75) is 45.1 Å². The van der Waals surface area contributed by atoms with Gasteiger partial charge in [0, 0.05) is 31.9 Å². The molecule has 26 heavy (non-hydrogen) atoms. The average Bonchev–Trinajstić information content (AvgIpc) is 2.88. The molecule has 2 aliphatic rings. The van der Waals surface area contributed by atoms with Crippen LogP contribution >= 0.6 is 0 Å². The summed E-state index contributed by atoms with van der Waals surface area (Å²) in [7, 11) is 1.58. The Bertz CT molecular complexity index is 708. The van der Waals surface area contributed by atoms with Gasteiger partial charge in [0.2, 0.25) is 0 Å². The van der Waals surface area contributed by atoms with Gasteiger partial charge in [0.15, 0.2) is 0 Å². The zero-order valence-corrected chi connectivity index (χ0v) is 15.4. The molecule has 1 aliphatic heterocycles. The lowest BCUT2D eigenvalue weighted by molar-refractivity contribution is 0.0638. The fourth-order valence-corrected chi connectivity index (χ4v) is 3.68. The number of hydrogen-bond acceptors (Lipinski definition) is 4. The van der Waals surface area contributed by atoms with Crippen LogP contribution in [0.4, 0.5) is 0 Å². The van der Waals surface area contributed by atoms with E-state index in [1.165, 1.54) is 4.90 Å². The number of imide groups is 1. The zero-order valence-electron chi connectivity index (χ0n) is 15.4. The van der Waals surface area contributed by atoms with Gasteiger partial charge in [-0.05, 0) is 56.2 Å². The van der Waals surface area contributed by atoms with Gasteiger partial charge in [-0.3, -0.25) is 19.3 Å². The van der Waals surface area contributed by atoms with Crippen molar-refractivity contribution >= 4 is 17.7 Å². The maximum atomic E-state index is 12.5. The minimum Gasteiger partial charge on any atom is -0.385 e. The lowest BCUT2D eigenvalue weighted by Gasteiger charge is -2.26. The first-order chi connectivity index (χ1) is 12.5. The Morgan fingerprint density at radius 1 is 1.15 bits per heavy atom. The van der Waals surface area contributed by atoms with Crippen LogP contribution in [0.3, 0.4) is 0 Å². The molecule has 0 spiro atoms. The standard InChI is InChI=1S/C20H26N2O4/c1-13-4-7-15(8-5-13)21-18(23)14-6-9-16-17(12-14)20(25)22(19(16)24)10-3-11-26-2/h6,9,12-13,15H,3-5,7-8,10-11H2,1-2H3,(H,21,23). The first-order valence-corrected chi connectivity index (χ1v) is 9.31. The number of carbonyl (C=O) groups is 3. The highest BCUT2D eigenvalue weighted by Gasteiger charge is 2.35. The zero-order chi connectivity index (χ0) is 18.7. The van der Waals surface area contributed by atoms with Crippen molar-refractivity contribution < 1.29 is 19.1 Å². The Morgan fingerprint density at radius 3 is 2.54 bits per heavy atom. The number of carbonyl (C=O) groups excluding carboxylic acids is 3. The minimum absolute atomic E-state index is 0.176. The summed E-state index contributed by atoms with van der Waals surface area (Å²) in [4.78, 5) is 38.7. The van der Waals surface area contributed by atoms with Crippen molar-refractivity contribution in [2.24, 2.45) is 5.92 Å². The summed E-state index contributed by atoms with van der Waals surface area (Å²) in [6.07, 6.45) is 4.82. The van der Waals surface area contributed by atoms with E-state index in [-0.39, 0.29) is 23.8 Å². The average molecular weight is 358 g/mol. The summed E-state index contributed by atoms with van der Waals surface area (Å²) in [5.41, 5.74) is 1.12. The van der Waals surface area contributed by atoms with E-state index in [0.29, 0.717) is 36.3 Å². The number of benzene rings is 1. The fourth-order valence-electron chi connectivity index (χ4n) is 3.68. The Hall–Kier alpha value is -2.21. The predicted molar refractivity (Wildman–Crippen MR) is 97.2 cm³/mol. The smallest absolute Gasteiger partial charge is 0.261 e. The second kappa shape index (κ2) is 7.99. The molecule has 1 fully saturated rings. The summed E-state index contributed by atoms with van der Waals surface area (Å²) in [6.45, 7) is 3.04. The molecule has 1 saturated carbocycles. The molecule has 0 atom stereocenters. The normalized spacial score (nSPS) is 22.5. The van der Waals surface area contributed by atoms with E-state index < -0.39 is 0 Å². The van der Waals surface area contributed by atoms with Gasteiger partial charge in [0.25, 0.3) is 17.7 Å². The van der Waals surface area contributed by atoms with Gasteiger partial charge in [-0.1, -0.05) is 6.92 Å². The van der Waals surface area contributed by atoms with Gasteiger partial charge in [-0.15, -0.1) is 0 Å². The van der Waals surface area contributed by atoms with E-state index >= 15 is 0 Å². The van der Waals surface area contributed by atoms with Crippen LogP contribution in [-0.4, -0.2) is 48.9 Å². The van der Waals surface area contributed by atoms with Crippen molar-refractivity contribution in [2.75, 3.05) is 20.3 Å². The number of ether oxygens (including phenoxy) is 1. The fraction of sp³-hybridized carbons (Fsp3) is 0.550. The lowest BCUT2D eigenvalue weighted by atomic mass is 9.87. The molecule has 1 aromatic rings. The molecule has 140 valence electrons. The van der Waals surface area contributed by atoms with Gasteiger partial charge >= 0.3 is 0 Å². The maximum Gasteiger partial charge on any atom is 0.261 e. The summed E-state index contributed by atoms with van der Waals surface area (Å²) < 4.78 is 4.98.